The van der Waals surface area contributed by atoms with Crippen molar-refractivity contribution in [1.29, 1.82) is 0 Å². The summed E-state index contributed by atoms with van der Waals surface area (Å²) in [6.07, 6.45) is 4.04. The predicted octanol–water partition coefficient (Wildman–Crippen LogP) is 2.52. The van der Waals surface area contributed by atoms with Crippen LogP contribution < -0.4 is 0 Å². The van der Waals surface area contributed by atoms with E-state index in [2.05, 4.69) is 15.9 Å². The summed E-state index contributed by atoms with van der Waals surface area (Å²) in [6, 6.07) is 1.99. The minimum atomic E-state index is -0.995. The summed E-state index contributed by atoms with van der Waals surface area (Å²) < 4.78 is 2.80. The minimum absolute atomic E-state index is 0.148. The molecule has 0 spiro atoms. The lowest BCUT2D eigenvalue weighted by Crippen LogP contribution is -2.41. The lowest BCUT2D eigenvalue weighted by molar-refractivity contribution is -0.138. The Bertz CT molecular complexity index is 506. The molecular weight excluding hydrogens is 312 g/mol. The Balaban J connectivity index is 2.28. The summed E-state index contributed by atoms with van der Waals surface area (Å²) in [7, 11) is 0. The Morgan fingerprint density at radius 3 is 2.63 bits per heavy atom. The number of carbonyl (C=O) groups is 2. The molecule has 1 saturated carbocycles. The van der Waals surface area contributed by atoms with Gasteiger partial charge in [-0.05, 0) is 48.7 Å². The number of hydrogen-bond acceptors (Lipinski definition) is 2. The maximum absolute atomic E-state index is 12.5. The van der Waals surface area contributed by atoms with E-state index >= 15 is 0 Å². The van der Waals surface area contributed by atoms with Crippen LogP contribution in [0, 0.1) is 0 Å². The van der Waals surface area contributed by atoms with Crippen molar-refractivity contribution in [3.05, 3.63) is 22.4 Å². The number of halogens is 1. The van der Waals surface area contributed by atoms with Crippen LogP contribution in [-0.4, -0.2) is 39.0 Å². The Morgan fingerprint density at radius 2 is 2.16 bits per heavy atom. The van der Waals surface area contributed by atoms with E-state index in [1.165, 1.54) is 4.90 Å². The van der Waals surface area contributed by atoms with Crippen LogP contribution in [-0.2, 0) is 4.79 Å². The highest BCUT2D eigenvalue weighted by Gasteiger charge is 2.30. The number of hydrogen-bond donors (Lipinski definition) is 1. The number of carbonyl (C=O) groups excluding carboxylic acids is 1. The fourth-order valence-electron chi connectivity index (χ4n) is 2.05. The van der Waals surface area contributed by atoms with Crippen LogP contribution in [0.5, 0.6) is 0 Å². The largest absolute Gasteiger partial charge is 0.480 e. The molecule has 1 aliphatic carbocycles. The van der Waals surface area contributed by atoms with Crippen molar-refractivity contribution in [2.75, 3.05) is 6.54 Å². The number of aliphatic carboxylic acids is 1. The fraction of sp³-hybridized carbons (Fsp3) is 0.538. The van der Waals surface area contributed by atoms with Crippen molar-refractivity contribution >= 4 is 27.8 Å². The van der Waals surface area contributed by atoms with Crippen molar-refractivity contribution < 1.29 is 14.7 Å². The molecule has 1 N–H and O–H groups in total. The smallest absolute Gasteiger partial charge is 0.323 e. The third-order valence-electron chi connectivity index (χ3n) is 3.16. The van der Waals surface area contributed by atoms with Gasteiger partial charge in [0, 0.05) is 22.8 Å². The molecule has 5 nitrogen and oxygen atoms in total. The van der Waals surface area contributed by atoms with Crippen LogP contribution in [0.1, 0.15) is 43.2 Å². The average Bonchev–Trinajstić information content (AvgIpc) is 3.08. The third kappa shape index (κ3) is 3.18. The summed E-state index contributed by atoms with van der Waals surface area (Å²) in [5.74, 6) is -1.22. The zero-order chi connectivity index (χ0) is 14.2. The molecule has 1 fully saturated rings. The van der Waals surface area contributed by atoms with Gasteiger partial charge in [-0.2, -0.15) is 0 Å². The Morgan fingerprint density at radius 1 is 1.53 bits per heavy atom. The molecule has 2 rings (SSSR count). The van der Waals surface area contributed by atoms with E-state index in [0.717, 1.165) is 17.3 Å². The Labute approximate surface area is 120 Å². The molecule has 104 valence electrons. The summed E-state index contributed by atoms with van der Waals surface area (Å²) in [6.45, 7) is 3.37. The molecule has 0 atom stereocenters. The van der Waals surface area contributed by atoms with E-state index in [-0.39, 0.29) is 18.5 Å². The highest BCUT2D eigenvalue weighted by atomic mass is 79.9. The normalized spacial score (nSPS) is 14.7. The van der Waals surface area contributed by atoms with Gasteiger partial charge < -0.3 is 14.6 Å². The zero-order valence-corrected chi connectivity index (χ0v) is 12.6. The second-order valence-electron chi connectivity index (χ2n) is 5.10. The number of nitrogens with zero attached hydrogens (tertiary/aromatic N) is 2. The van der Waals surface area contributed by atoms with E-state index in [0.29, 0.717) is 11.7 Å². The molecule has 0 aromatic carbocycles. The number of amides is 1. The van der Waals surface area contributed by atoms with Gasteiger partial charge in [-0.3, -0.25) is 9.59 Å². The summed E-state index contributed by atoms with van der Waals surface area (Å²) in [5.41, 5.74) is 0.560. The van der Waals surface area contributed by atoms with Gasteiger partial charge in [0.2, 0.25) is 0 Å². The van der Waals surface area contributed by atoms with Crippen molar-refractivity contribution in [2.45, 2.75) is 38.8 Å². The molecule has 1 heterocycles. The van der Waals surface area contributed by atoms with Gasteiger partial charge >= 0.3 is 5.97 Å². The zero-order valence-electron chi connectivity index (χ0n) is 11.0. The van der Waals surface area contributed by atoms with Gasteiger partial charge in [-0.1, -0.05) is 0 Å². The first kappa shape index (κ1) is 14.1. The maximum Gasteiger partial charge on any atom is 0.323 e. The maximum atomic E-state index is 12.5. The molecular formula is C13H17BrN2O3. The van der Waals surface area contributed by atoms with Crippen LogP contribution in [0.15, 0.2) is 16.7 Å². The Kier molecular flexibility index (Phi) is 3.99. The topological polar surface area (TPSA) is 62.5 Å². The first-order chi connectivity index (χ1) is 8.90. The Hall–Kier alpha value is -1.30. The van der Waals surface area contributed by atoms with Crippen LogP contribution in [0.3, 0.4) is 0 Å². The van der Waals surface area contributed by atoms with Gasteiger partial charge in [-0.25, -0.2) is 0 Å². The minimum Gasteiger partial charge on any atom is -0.480 e. The number of rotatable bonds is 5. The van der Waals surface area contributed by atoms with E-state index in [1.807, 2.05) is 24.6 Å². The van der Waals surface area contributed by atoms with Crippen LogP contribution in [0.4, 0.5) is 0 Å². The molecule has 6 heteroatoms. The SMILES string of the molecule is CC(C)N(CC(=O)O)C(=O)c1cc(Br)cn1C1CC1. The standard InChI is InChI=1S/C13H17BrN2O3/c1-8(2)15(7-12(17)18)13(19)11-5-9(14)6-16(11)10-3-4-10/h5-6,8,10H,3-4,7H2,1-2H3,(H,17,18). The van der Waals surface area contributed by atoms with Crippen molar-refractivity contribution in [1.82, 2.24) is 9.47 Å². The number of carboxylic acids is 1. The van der Waals surface area contributed by atoms with Crippen molar-refractivity contribution in [3.63, 3.8) is 0 Å². The van der Waals surface area contributed by atoms with Gasteiger partial charge in [0.15, 0.2) is 0 Å². The van der Waals surface area contributed by atoms with Gasteiger partial charge in [0.25, 0.3) is 5.91 Å². The molecule has 1 amide bonds. The molecule has 1 aromatic heterocycles. The highest BCUT2D eigenvalue weighted by Crippen LogP contribution is 2.37. The first-order valence-corrected chi connectivity index (χ1v) is 7.09. The van der Waals surface area contributed by atoms with Gasteiger partial charge in [0.1, 0.15) is 12.2 Å². The van der Waals surface area contributed by atoms with Crippen LogP contribution in [0.25, 0.3) is 0 Å². The van der Waals surface area contributed by atoms with E-state index in [1.54, 1.807) is 6.07 Å². The predicted molar refractivity (Wildman–Crippen MR) is 74.2 cm³/mol. The monoisotopic (exact) mass is 328 g/mol. The average molecular weight is 329 g/mol. The summed E-state index contributed by atoms with van der Waals surface area (Å²) >= 11 is 3.38. The molecule has 0 radical (unpaired) electrons. The van der Waals surface area contributed by atoms with E-state index in [4.69, 9.17) is 5.11 Å². The van der Waals surface area contributed by atoms with Crippen LogP contribution in [0.2, 0.25) is 0 Å². The van der Waals surface area contributed by atoms with Crippen molar-refractivity contribution in [3.8, 4) is 0 Å². The van der Waals surface area contributed by atoms with Gasteiger partial charge in [0.05, 0.1) is 0 Å². The van der Waals surface area contributed by atoms with E-state index in [9.17, 15) is 9.59 Å². The molecule has 1 aliphatic rings. The number of carboxylic acid groups (broad SMARTS) is 1. The molecule has 0 aliphatic heterocycles. The summed E-state index contributed by atoms with van der Waals surface area (Å²) in [5, 5.41) is 8.91. The lowest BCUT2D eigenvalue weighted by atomic mass is 10.2. The molecule has 1 aromatic rings. The number of aromatic nitrogens is 1. The van der Waals surface area contributed by atoms with Crippen molar-refractivity contribution in [2.24, 2.45) is 0 Å². The molecule has 0 saturated heterocycles. The lowest BCUT2D eigenvalue weighted by Gasteiger charge is -2.25. The second kappa shape index (κ2) is 5.36. The van der Waals surface area contributed by atoms with E-state index < -0.39 is 5.97 Å². The fourth-order valence-corrected chi connectivity index (χ4v) is 2.49. The van der Waals surface area contributed by atoms with Crippen LogP contribution >= 0.6 is 15.9 Å². The second-order valence-corrected chi connectivity index (χ2v) is 6.02. The third-order valence-corrected chi connectivity index (χ3v) is 3.60. The van der Waals surface area contributed by atoms with Gasteiger partial charge in [-0.15, -0.1) is 0 Å². The molecule has 0 unspecified atom stereocenters. The molecule has 19 heavy (non-hydrogen) atoms. The quantitative estimate of drug-likeness (QED) is 0.903. The summed E-state index contributed by atoms with van der Waals surface area (Å²) in [4.78, 5) is 24.8. The first-order valence-electron chi connectivity index (χ1n) is 6.30. The highest BCUT2D eigenvalue weighted by molar-refractivity contribution is 9.10. The molecule has 0 bridgehead atoms.